The molecule has 20 heavy (non-hydrogen) atoms. The van der Waals surface area contributed by atoms with Crippen LogP contribution in [0.3, 0.4) is 0 Å². The molecule has 0 amide bonds. The van der Waals surface area contributed by atoms with Gasteiger partial charge in [-0.1, -0.05) is 63.2 Å². The monoisotopic (exact) mass is 277 g/mol. The zero-order valence-electron chi connectivity index (χ0n) is 15.2. The average molecular weight is 277 g/mol. The summed E-state index contributed by atoms with van der Waals surface area (Å²) in [4.78, 5) is 0. The predicted octanol–water partition coefficient (Wildman–Crippen LogP) is 3.80. The van der Waals surface area contributed by atoms with E-state index in [2.05, 4.69) is 0 Å². The molecule has 0 heterocycles. The fourth-order valence-corrected chi connectivity index (χ4v) is 2.78. The minimum atomic E-state index is -1.74. The minimum Gasteiger partial charge on any atom is -0.392 e. The van der Waals surface area contributed by atoms with E-state index in [1.165, 1.54) is 0 Å². The summed E-state index contributed by atoms with van der Waals surface area (Å²) in [7, 11) is 0. The Balaban J connectivity index is 2.12. The van der Waals surface area contributed by atoms with Crippen molar-refractivity contribution in [2.75, 3.05) is 0 Å². The molecular formula is C18H26O2. The molecule has 0 bridgehead atoms. The van der Waals surface area contributed by atoms with Crippen molar-refractivity contribution >= 4 is 0 Å². The Labute approximate surface area is 126 Å². The highest BCUT2D eigenvalue weighted by Crippen LogP contribution is 2.31. The molecule has 0 aliphatic heterocycles. The zero-order chi connectivity index (χ0) is 17.0. The molecule has 0 saturated carbocycles. The van der Waals surface area contributed by atoms with Gasteiger partial charge in [0, 0.05) is 21.9 Å². The van der Waals surface area contributed by atoms with Crippen molar-refractivity contribution in [3.63, 3.8) is 0 Å². The Morgan fingerprint density at radius 2 is 2.00 bits per heavy atom. The van der Waals surface area contributed by atoms with Gasteiger partial charge in [-0.3, -0.25) is 0 Å². The highest BCUT2D eigenvalue weighted by molar-refractivity contribution is 5.13. The smallest absolute Gasteiger partial charge is 0.0721 e. The normalized spacial score (nSPS) is 36.8. The van der Waals surface area contributed by atoms with Crippen LogP contribution in [0.25, 0.3) is 0 Å². The van der Waals surface area contributed by atoms with E-state index in [-0.39, 0.29) is 24.8 Å². The molecule has 2 heteroatoms. The summed E-state index contributed by atoms with van der Waals surface area (Å²) in [6.07, 6.45) is 0.857. The summed E-state index contributed by atoms with van der Waals surface area (Å²) in [5, 5.41) is 10.6. The van der Waals surface area contributed by atoms with Crippen molar-refractivity contribution < 1.29 is 14.0 Å². The molecule has 1 aromatic carbocycles. The standard InChI is InChI=1S/C18H26O2/c1-4-16-11-10-13(2)18(14(3)17(16)19)20-12-15-8-6-5-7-9-15/h5-11,13-14,16-19H,4,12H2,1-3H3/t13-,14+,16-,17+,18-/m1/s1/i1D,4D2. The van der Waals surface area contributed by atoms with Gasteiger partial charge in [0.25, 0.3) is 0 Å². The summed E-state index contributed by atoms with van der Waals surface area (Å²) >= 11 is 0. The van der Waals surface area contributed by atoms with Crippen LogP contribution in [0.5, 0.6) is 0 Å². The summed E-state index contributed by atoms with van der Waals surface area (Å²) in [5.74, 6) is -0.812. The number of aliphatic hydroxyl groups is 1. The molecule has 5 atom stereocenters. The van der Waals surface area contributed by atoms with Gasteiger partial charge in [0.2, 0.25) is 0 Å². The number of rotatable bonds is 4. The zero-order valence-corrected chi connectivity index (χ0v) is 12.2. The Hall–Kier alpha value is -1.12. The van der Waals surface area contributed by atoms with Crippen molar-refractivity contribution in [1.29, 1.82) is 0 Å². The SMILES string of the molecule is [2H]CC([2H])([2H])[C@@H]1C=C[C@@H](C)[C@@H](OCc2ccccc2)[C@@H](C)[C@@H]1O. The first-order valence-electron chi connectivity index (χ1n) is 8.88. The Morgan fingerprint density at radius 1 is 1.25 bits per heavy atom. The largest absolute Gasteiger partial charge is 0.392 e. The van der Waals surface area contributed by atoms with E-state index >= 15 is 0 Å². The molecule has 0 spiro atoms. The van der Waals surface area contributed by atoms with Crippen molar-refractivity contribution in [3.8, 4) is 0 Å². The van der Waals surface area contributed by atoms with Gasteiger partial charge in [0.05, 0.1) is 18.8 Å². The van der Waals surface area contributed by atoms with Gasteiger partial charge < -0.3 is 9.84 Å². The van der Waals surface area contributed by atoms with Crippen LogP contribution < -0.4 is 0 Å². The molecule has 1 aliphatic rings. The van der Waals surface area contributed by atoms with Gasteiger partial charge in [-0.05, 0) is 11.9 Å². The third-order valence-corrected chi connectivity index (χ3v) is 4.09. The van der Waals surface area contributed by atoms with Gasteiger partial charge in [-0.2, -0.15) is 0 Å². The number of ether oxygens (including phenoxy) is 1. The summed E-state index contributed by atoms with van der Waals surface area (Å²) in [5.41, 5.74) is 1.08. The fraction of sp³-hybridized carbons (Fsp3) is 0.556. The maximum atomic E-state index is 10.6. The van der Waals surface area contributed by atoms with Crippen LogP contribution in [0.4, 0.5) is 0 Å². The molecule has 0 aromatic heterocycles. The van der Waals surface area contributed by atoms with E-state index < -0.39 is 18.4 Å². The third-order valence-electron chi connectivity index (χ3n) is 4.09. The van der Waals surface area contributed by atoms with Crippen LogP contribution in [0.2, 0.25) is 0 Å². The molecule has 1 N–H and O–H groups in total. The number of hydrogen-bond acceptors (Lipinski definition) is 2. The van der Waals surface area contributed by atoms with Crippen LogP contribution in [0.15, 0.2) is 42.5 Å². The van der Waals surface area contributed by atoms with Crippen molar-refractivity contribution in [2.45, 2.75) is 45.9 Å². The number of hydrogen-bond donors (Lipinski definition) is 1. The maximum absolute atomic E-state index is 10.6. The first-order valence-corrected chi connectivity index (χ1v) is 7.18. The van der Waals surface area contributed by atoms with E-state index in [1.807, 2.05) is 50.3 Å². The molecular weight excluding hydrogens is 248 g/mol. The number of benzene rings is 1. The van der Waals surface area contributed by atoms with Gasteiger partial charge in [-0.25, -0.2) is 0 Å². The topological polar surface area (TPSA) is 29.5 Å². The summed E-state index contributed by atoms with van der Waals surface area (Å²) in [6.45, 7) is 4.03. The molecule has 1 aliphatic carbocycles. The second-order valence-electron chi connectivity index (χ2n) is 5.58. The van der Waals surface area contributed by atoms with Crippen LogP contribution in [0.1, 0.15) is 36.8 Å². The minimum absolute atomic E-state index is 0.0786. The van der Waals surface area contributed by atoms with E-state index in [1.54, 1.807) is 6.08 Å². The van der Waals surface area contributed by atoms with Crippen LogP contribution in [-0.2, 0) is 11.3 Å². The molecule has 0 unspecified atom stereocenters. The molecule has 0 radical (unpaired) electrons. The van der Waals surface area contributed by atoms with Crippen molar-refractivity contribution in [1.82, 2.24) is 0 Å². The van der Waals surface area contributed by atoms with Crippen LogP contribution in [0, 0.1) is 17.8 Å². The lowest BCUT2D eigenvalue weighted by atomic mass is 9.86. The Morgan fingerprint density at radius 3 is 2.70 bits per heavy atom. The van der Waals surface area contributed by atoms with E-state index in [0.29, 0.717) is 6.61 Å². The molecule has 1 aromatic rings. The molecule has 2 rings (SSSR count). The summed E-state index contributed by atoms with van der Waals surface area (Å²) in [6, 6.07) is 9.89. The Bertz CT molecular complexity index is 518. The predicted molar refractivity (Wildman–Crippen MR) is 82.3 cm³/mol. The summed E-state index contributed by atoms with van der Waals surface area (Å²) < 4.78 is 29.4. The molecule has 0 saturated heterocycles. The first kappa shape index (κ1) is 11.5. The highest BCUT2D eigenvalue weighted by Gasteiger charge is 2.34. The number of aliphatic hydroxyl groups excluding tert-OH is 1. The maximum Gasteiger partial charge on any atom is 0.0721 e. The van der Waals surface area contributed by atoms with E-state index in [0.717, 1.165) is 5.56 Å². The van der Waals surface area contributed by atoms with Gasteiger partial charge in [-0.15, -0.1) is 0 Å². The second kappa shape index (κ2) is 7.05. The molecule has 2 nitrogen and oxygen atoms in total. The van der Waals surface area contributed by atoms with Crippen molar-refractivity contribution in [2.24, 2.45) is 17.8 Å². The lowest BCUT2D eigenvalue weighted by molar-refractivity contribution is -0.0615. The third kappa shape index (κ3) is 3.50. The van der Waals surface area contributed by atoms with Gasteiger partial charge in [0.15, 0.2) is 0 Å². The van der Waals surface area contributed by atoms with Gasteiger partial charge in [0.1, 0.15) is 0 Å². The van der Waals surface area contributed by atoms with E-state index in [4.69, 9.17) is 8.85 Å². The van der Waals surface area contributed by atoms with E-state index in [9.17, 15) is 5.11 Å². The quantitative estimate of drug-likeness (QED) is 0.848. The first-order chi connectivity index (χ1) is 10.9. The lowest BCUT2D eigenvalue weighted by Crippen LogP contribution is -2.37. The van der Waals surface area contributed by atoms with Crippen LogP contribution in [-0.4, -0.2) is 17.3 Å². The van der Waals surface area contributed by atoms with Gasteiger partial charge >= 0.3 is 0 Å². The average Bonchev–Trinajstić information content (AvgIpc) is 2.65. The molecule has 110 valence electrons. The lowest BCUT2D eigenvalue weighted by Gasteiger charge is -2.31. The molecule has 0 fully saturated rings. The Kier molecular flexibility index (Phi) is 4.06. The van der Waals surface area contributed by atoms with Crippen LogP contribution >= 0.6 is 0 Å². The highest BCUT2D eigenvalue weighted by atomic mass is 16.5. The van der Waals surface area contributed by atoms with Crippen molar-refractivity contribution in [3.05, 3.63) is 48.0 Å². The second-order valence-corrected chi connectivity index (χ2v) is 5.58. The fourth-order valence-electron chi connectivity index (χ4n) is 2.78.